The molecule has 1 heterocycles. The minimum absolute atomic E-state index is 0.0122. The van der Waals surface area contributed by atoms with Gasteiger partial charge in [-0.1, -0.05) is 79.3 Å². The number of alkyl halides is 1. The highest BCUT2D eigenvalue weighted by Crippen LogP contribution is 2.26. The molecule has 36 heavy (non-hydrogen) atoms. The second kappa shape index (κ2) is 18.9. The molecule has 3 N–H and O–H groups in total. The molecule has 1 atom stereocenters. The molecule has 0 aliphatic carbocycles. The van der Waals surface area contributed by atoms with Crippen LogP contribution in [0.15, 0.2) is 60.7 Å². The topological polar surface area (TPSA) is 81.0 Å². The number of ketones is 1. The Bertz CT molecular complexity index is 1170. The number of fused-ring (bicyclic) bond motifs is 1. The molecule has 1 aromatic heterocycles. The highest BCUT2D eigenvalue weighted by atomic mass is 35.5. The molecule has 0 saturated carbocycles. The van der Waals surface area contributed by atoms with E-state index in [1.54, 1.807) is 18.2 Å². The molecule has 0 radical (unpaired) electrons. The Balaban J connectivity index is 0.00000137. The van der Waals surface area contributed by atoms with Crippen molar-refractivity contribution in [2.75, 3.05) is 13.7 Å². The Labute approximate surface area is 219 Å². The fraction of sp³-hybridized carbons (Fsp3) is 0.310. The minimum atomic E-state index is -0.472. The number of hydrogen-bond acceptors (Lipinski definition) is 4. The summed E-state index contributed by atoms with van der Waals surface area (Å²) in [7, 11) is 1.50. The zero-order valence-corrected chi connectivity index (χ0v) is 22.9. The summed E-state index contributed by atoms with van der Waals surface area (Å²) in [6.45, 7) is 10.6. The van der Waals surface area contributed by atoms with Crippen LogP contribution in [-0.2, 0) is 4.79 Å². The highest BCUT2D eigenvalue weighted by Gasteiger charge is 2.08. The molecule has 0 aliphatic heterocycles. The first-order chi connectivity index (χ1) is 17.3. The number of ether oxygens (including phenoxy) is 1. The number of carbonyl (C=O) groups excluding carboxylic acids is 1. The van der Waals surface area contributed by atoms with Gasteiger partial charge in [-0.05, 0) is 59.0 Å². The van der Waals surface area contributed by atoms with Crippen LogP contribution in [0.2, 0.25) is 5.02 Å². The average molecular weight is 514 g/mol. The van der Waals surface area contributed by atoms with Crippen molar-refractivity contribution in [2.24, 2.45) is 11.7 Å². The van der Waals surface area contributed by atoms with Crippen molar-refractivity contribution in [3.05, 3.63) is 76.9 Å². The lowest BCUT2D eigenvalue weighted by Crippen LogP contribution is -1.85. The molecule has 3 rings (SSSR count). The van der Waals surface area contributed by atoms with E-state index in [4.69, 9.17) is 16.3 Å². The predicted octanol–water partition coefficient (Wildman–Crippen LogP) is 7.58. The maximum absolute atomic E-state index is 12.0. The van der Waals surface area contributed by atoms with Gasteiger partial charge < -0.3 is 20.2 Å². The number of allylic oxidation sites excluding steroid dienone is 4. The number of imidazole rings is 1. The van der Waals surface area contributed by atoms with Crippen LogP contribution in [0.1, 0.15) is 45.7 Å². The predicted molar refractivity (Wildman–Crippen MR) is 150 cm³/mol. The van der Waals surface area contributed by atoms with Gasteiger partial charge in [0.2, 0.25) is 0 Å². The molecular formula is C29H37ClFN3O2. The van der Waals surface area contributed by atoms with Gasteiger partial charge in [0.25, 0.3) is 6.01 Å². The number of aryl methyl sites for hydroxylation is 1. The third-order valence-electron chi connectivity index (χ3n) is 3.96. The van der Waals surface area contributed by atoms with E-state index >= 15 is 0 Å². The molecule has 0 bridgehead atoms. The summed E-state index contributed by atoms with van der Waals surface area (Å²) in [5.41, 5.74) is 7.88. The number of hydrogen-bond donors (Lipinski definition) is 2. The molecule has 0 spiro atoms. The molecule has 2 aromatic carbocycles. The lowest BCUT2D eigenvalue weighted by Gasteiger charge is -2.01. The van der Waals surface area contributed by atoms with Gasteiger partial charge in [-0.25, -0.2) is 4.39 Å². The van der Waals surface area contributed by atoms with Gasteiger partial charge in [-0.2, -0.15) is 4.98 Å². The van der Waals surface area contributed by atoms with Gasteiger partial charge in [0.05, 0.1) is 16.1 Å². The largest absolute Gasteiger partial charge is 0.426 e. The fourth-order valence-electron chi connectivity index (χ4n) is 2.47. The maximum Gasteiger partial charge on any atom is 0.300 e. The van der Waals surface area contributed by atoms with Crippen molar-refractivity contribution in [1.29, 1.82) is 0 Å². The first-order valence-electron chi connectivity index (χ1n) is 11.7. The number of benzene rings is 2. The Hall–Kier alpha value is -3.40. The first-order valence-corrected chi connectivity index (χ1v) is 12.1. The minimum Gasteiger partial charge on any atom is -0.426 e. The van der Waals surface area contributed by atoms with E-state index in [1.807, 2.05) is 64.1 Å². The summed E-state index contributed by atoms with van der Waals surface area (Å²) in [4.78, 5) is 17.0. The van der Waals surface area contributed by atoms with Crippen molar-refractivity contribution < 1.29 is 13.9 Å². The number of aromatic nitrogens is 2. The normalized spacial score (nSPS) is 10.7. The molecule has 1 unspecified atom stereocenters. The fourth-order valence-corrected chi connectivity index (χ4v) is 2.68. The SMILES string of the molecule is CC.CC(C)=O.CN.Cc1ccc(Oc2nc3cc(Cl)c(C#CC(C)/C=C\C=C/CF)cc3[nH]2)cc1. The molecule has 5 nitrogen and oxygen atoms in total. The molecule has 7 heteroatoms. The third-order valence-corrected chi connectivity index (χ3v) is 4.27. The Morgan fingerprint density at radius 3 is 2.39 bits per heavy atom. The van der Waals surface area contributed by atoms with Gasteiger partial charge in [0.1, 0.15) is 18.2 Å². The number of aromatic amines is 1. The number of nitrogens with zero attached hydrogens (tertiary/aromatic N) is 1. The quantitative estimate of drug-likeness (QED) is 0.272. The lowest BCUT2D eigenvalue weighted by atomic mass is 10.1. The van der Waals surface area contributed by atoms with Crippen LogP contribution in [0.25, 0.3) is 11.0 Å². The van der Waals surface area contributed by atoms with Crippen LogP contribution in [0.3, 0.4) is 0 Å². The molecule has 0 aliphatic rings. The van der Waals surface area contributed by atoms with Gasteiger partial charge in [-0.15, -0.1) is 0 Å². The van der Waals surface area contributed by atoms with E-state index in [0.717, 1.165) is 11.1 Å². The van der Waals surface area contributed by atoms with Gasteiger partial charge in [-0.3, -0.25) is 0 Å². The van der Waals surface area contributed by atoms with E-state index in [1.165, 1.54) is 27.0 Å². The van der Waals surface area contributed by atoms with E-state index in [-0.39, 0.29) is 11.7 Å². The molecule has 0 saturated heterocycles. The highest BCUT2D eigenvalue weighted by molar-refractivity contribution is 6.32. The summed E-state index contributed by atoms with van der Waals surface area (Å²) < 4.78 is 17.8. The van der Waals surface area contributed by atoms with Crippen LogP contribution in [0.5, 0.6) is 11.8 Å². The average Bonchev–Trinajstić information content (AvgIpc) is 3.24. The smallest absolute Gasteiger partial charge is 0.300 e. The number of halogens is 2. The summed E-state index contributed by atoms with van der Waals surface area (Å²) in [6.07, 6.45) is 6.79. The van der Waals surface area contributed by atoms with Crippen molar-refractivity contribution in [3.8, 4) is 23.6 Å². The summed E-state index contributed by atoms with van der Waals surface area (Å²) in [5, 5.41) is 0.530. The van der Waals surface area contributed by atoms with E-state index in [9.17, 15) is 9.18 Å². The van der Waals surface area contributed by atoms with Crippen LogP contribution in [0.4, 0.5) is 4.39 Å². The number of H-pyrrole nitrogens is 1. The van der Waals surface area contributed by atoms with E-state index < -0.39 is 6.67 Å². The van der Waals surface area contributed by atoms with Crippen molar-refractivity contribution in [1.82, 2.24) is 9.97 Å². The zero-order valence-electron chi connectivity index (χ0n) is 22.2. The van der Waals surface area contributed by atoms with Gasteiger partial charge >= 0.3 is 0 Å². The number of rotatable bonds is 5. The van der Waals surface area contributed by atoms with E-state index in [2.05, 4.69) is 27.5 Å². The Morgan fingerprint density at radius 2 is 1.81 bits per heavy atom. The second-order valence-corrected chi connectivity index (χ2v) is 7.65. The molecule has 0 fully saturated rings. The Morgan fingerprint density at radius 1 is 1.19 bits per heavy atom. The standard InChI is InChI=1S/C23H20ClFN2O.C3H6O.C2H6.CH5N/c1-16(6-4-3-5-13-25)7-10-18-14-21-22(15-20(18)24)27-23(26-21)28-19-11-8-17(2)9-12-19;1-3(2)4;2*1-2/h3-6,8-9,11-12,14-16H,13H2,1-2H3,(H,26,27);1-2H3;1-2H3;2H2,1H3/b5-3-,6-4-;;;. The zero-order chi connectivity index (χ0) is 27.5. The van der Waals surface area contributed by atoms with Crippen LogP contribution in [0, 0.1) is 24.7 Å². The first kappa shape index (κ1) is 32.6. The number of Topliss-reactive ketones (excluding diaryl/α,β-unsaturated/α-hetero) is 1. The van der Waals surface area contributed by atoms with Crippen molar-refractivity contribution in [3.63, 3.8) is 0 Å². The molecule has 3 aromatic rings. The molecular weight excluding hydrogens is 477 g/mol. The van der Waals surface area contributed by atoms with E-state index in [0.29, 0.717) is 27.9 Å². The molecule has 194 valence electrons. The monoisotopic (exact) mass is 513 g/mol. The lowest BCUT2D eigenvalue weighted by molar-refractivity contribution is -0.114. The van der Waals surface area contributed by atoms with Crippen molar-refractivity contribution in [2.45, 2.75) is 41.5 Å². The Kier molecular flexibility index (Phi) is 17.1. The number of nitrogens with one attached hydrogen (secondary N) is 1. The third kappa shape index (κ3) is 12.9. The van der Waals surface area contributed by atoms with Crippen LogP contribution in [-0.4, -0.2) is 29.5 Å². The maximum atomic E-state index is 12.0. The van der Waals surface area contributed by atoms with Gasteiger partial charge in [0.15, 0.2) is 0 Å². The second-order valence-electron chi connectivity index (χ2n) is 7.24. The number of nitrogens with two attached hydrogens (primary N) is 1. The summed E-state index contributed by atoms with van der Waals surface area (Å²) >= 11 is 6.35. The van der Waals surface area contributed by atoms with Crippen molar-refractivity contribution >= 4 is 28.4 Å². The summed E-state index contributed by atoms with van der Waals surface area (Å²) in [5.74, 6) is 7.10. The molecule has 0 amide bonds. The summed E-state index contributed by atoms with van der Waals surface area (Å²) in [6, 6.07) is 11.8. The number of carbonyl (C=O) groups is 1. The van der Waals surface area contributed by atoms with Crippen LogP contribution >= 0.6 is 11.6 Å². The van der Waals surface area contributed by atoms with Crippen LogP contribution < -0.4 is 10.5 Å². The van der Waals surface area contributed by atoms with Gasteiger partial charge in [0, 0.05) is 11.5 Å².